The third-order valence-corrected chi connectivity index (χ3v) is 1.85. The van der Waals surface area contributed by atoms with E-state index < -0.39 is 0 Å². The second-order valence-corrected chi connectivity index (χ2v) is 3.33. The van der Waals surface area contributed by atoms with E-state index in [4.69, 9.17) is 0 Å². The molecule has 0 saturated heterocycles. The SMILES string of the molecule is CN(C)CCNCc1cnnn1C. The number of aryl methyl sites for hydroxylation is 1. The largest absolute Gasteiger partial charge is 0.310 e. The highest BCUT2D eigenvalue weighted by atomic mass is 15.4. The van der Waals surface area contributed by atoms with Gasteiger partial charge >= 0.3 is 0 Å². The van der Waals surface area contributed by atoms with Gasteiger partial charge in [0.2, 0.25) is 0 Å². The summed E-state index contributed by atoms with van der Waals surface area (Å²) in [6.45, 7) is 2.86. The maximum absolute atomic E-state index is 3.85. The Morgan fingerprint density at radius 3 is 2.85 bits per heavy atom. The standard InChI is InChI=1S/C8H17N5/c1-12(2)5-4-9-6-8-7-10-11-13(8)3/h7,9H,4-6H2,1-3H3. The van der Waals surface area contributed by atoms with E-state index >= 15 is 0 Å². The molecular weight excluding hydrogens is 166 g/mol. The highest BCUT2D eigenvalue weighted by Crippen LogP contribution is 1.91. The summed E-state index contributed by atoms with van der Waals surface area (Å²) in [4.78, 5) is 2.15. The van der Waals surface area contributed by atoms with Crippen molar-refractivity contribution >= 4 is 0 Å². The molecule has 1 aromatic heterocycles. The van der Waals surface area contributed by atoms with Gasteiger partial charge in [0.1, 0.15) is 0 Å². The Bertz CT molecular complexity index is 242. The molecule has 0 fully saturated rings. The van der Waals surface area contributed by atoms with Gasteiger partial charge in [-0.05, 0) is 14.1 Å². The van der Waals surface area contributed by atoms with Gasteiger partial charge in [0, 0.05) is 26.7 Å². The molecule has 5 heteroatoms. The quantitative estimate of drug-likeness (QED) is 0.623. The Morgan fingerprint density at radius 1 is 1.54 bits per heavy atom. The van der Waals surface area contributed by atoms with Crippen LogP contribution in [0.5, 0.6) is 0 Å². The van der Waals surface area contributed by atoms with Crippen LogP contribution in [0.3, 0.4) is 0 Å². The summed E-state index contributed by atoms with van der Waals surface area (Å²) in [6, 6.07) is 0. The number of nitrogens with one attached hydrogen (secondary N) is 1. The van der Waals surface area contributed by atoms with Crippen LogP contribution in [-0.4, -0.2) is 47.1 Å². The first kappa shape index (κ1) is 10.1. The first-order valence-electron chi connectivity index (χ1n) is 4.39. The topological polar surface area (TPSA) is 46.0 Å². The second kappa shape index (κ2) is 4.94. The molecule has 74 valence electrons. The molecule has 0 aliphatic carbocycles. The van der Waals surface area contributed by atoms with E-state index in [1.54, 1.807) is 10.9 Å². The molecule has 0 radical (unpaired) electrons. The van der Waals surface area contributed by atoms with E-state index in [1.165, 1.54) is 0 Å². The lowest BCUT2D eigenvalue weighted by atomic mass is 10.4. The molecule has 1 aromatic rings. The van der Waals surface area contributed by atoms with Gasteiger partial charge in [-0.25, -0.2) is 0 Å². The molecule has 0 bridgehead atoms. The van der Waals surface area contributed by atoms with Crippen molar-refractivity contribution in [3.05, 3.63) is 11.9 Å². The van der Waals surface area contributed by atoms with Gasteiger partial charge in [-0.15, -0.1) is 5.10 Å². The second-order valence-electron chi connectivity index (χ2n) is 3.33. The molecule has 0 aliphatic heterocycles. The zero-order valence-electron chi connectivity index (χ0n) is 8.49. The molecule has 0 spiro atoms. The smallest absolute Gasteiger partial charge is 0.0738 e. The van der Waals surface area contributed by atoms with Crippen molar-refractivity contribution in [1.29, 1.82) is 0 Å². The summed E-state index contributed by atoms with van der Waals surface area (Å²) in [5, 5.41) is 11.0. The van der Waals surface area contributed by atoms with Crippen molar-refractivity contribution in [3.63, 3.8) is 0 Å². The summed E-state index contributed by atoms with van der Waals surface area (Å²) >= 11 is 0. The van der Waals surface area contributed by atoms with E-state index in [9.17, 15) is 0 Å². The van der Waals surface area contributed by atoms with E-state index in [0.29, 0.717) is 0 Å². The highest BCUT2D eigenvalue weighted by molar-refractivity contribution is 4.91. The summed E-state index contributed by atoms with van der Waals surface area (Å²) in [5.41, 5.74) is 1.11. The minimum atomic E-state index is 0.831. The van der Waals surface area contributed by atoms with Gasteiger partial charge in [-0.3, -0.25) is 4.68 Å². The predicted octanol–water partition coefficient (Wildman–Crippen LogP) is -0.534. The molecule has 0 amide bonds. The Hall–Kier alpha value is -0.940. The molecule has 5 nitrogen and oxygen atoms in total. The molecule has 13 heavy (non-hydrogen) atoms. The van der Waals surface area contributed by atoms with Crippen molar-refractivity contribution < 1.29 is 0 Å². The van der Waals surface area contributed by atoms with Gasteiger partial charge in [0.05, 0.1) is 11.9 Å². The van der Waals surface area contributed by atoms with Gasteiger partial charge in [-0.1, -0.05) is 5.21 Å². The molecule has 1 heterocycles. The van der Waals surface area contributed by atoms with Crippen molar-refractivity contribution in [1.82, 2.24) is 25.2 Å². The number of hydrogen-bond acceptors (Lipinski definition) is 4. The molecule has 0 unspecified atom stereocenters. The van der Waals surface area contributed by atoms with Gasteiger partial charge in [0.15, 0.2) is 0 Å². The summed E-state index contributed by atoms with van der Waals surface area (Å²) < 4.78 is 1.78. The third-order valence-electron chi connectivity index (χ3n) is 1.85. The maximum atomic E-state index is 3.85. The molecule has 0 saturated carbocycles. The van der Waals surface area contributed by atoms with Crippen molar-refractivity contribution in [2.24, 2.45) is 7.05 Å². The summed E-state index contributed by atoms with van der Waals surface area (Å²) in [7, 11) is 6.02. The van der Waals surface area contributed by atoms with Crippen molar-refractivity contribution in [3.8, 4) is 0 Å². The molecule has 0 atom stereocenters. The van der Waals surface area contributed by atoms with Crippen molar-refractivity contribution in [2.45, 2.75) is 6.54 Å². The molecule has 0 aromatic carbocycles. The Morgan fingerprint density at radius 2 is 2.31 bits per heavy atom. The molecule has 1 N–H and O–H groups in total. The minimum Gasteiger partial charge on any atom is -0.310 e. The fourth-order valence-corrected chi connectivity index (χ4v) is 0.990. The minimum absolute atomic E-state index is 0.831. The number of aromatic nitrogens is 3. The Labute approximate surface area is 78.7 Å². The summed E-state index contributed by atoms with van der Waals surface area (Å²) in [6.07, 6.45) is 1.78. The number of hydrogen-bond donors (Lipinski definition) is 1. The van der Waals surface area contributed by atoms with Crippen LogP contribution in [0.2, 0.25) is 0 Å². The van der Waals surface area contributed by atoms with Crippen molar-refractivity contribution in [2.75, 3.05) is 27.2 Å². The van der Waals surface area contributed by atoms with Crippen LogP contribution >= 0.6 is 0 Å². The van der Waals surface area contributed by atoms with Gasteiger partial charge in [-0.2, -0.15) is 0 Å². The average molecular weight is 183 g/mol. The van der Waals surface area contributed by atoms with Crippen LogP contribution in [0.4, 0.5) is 0 Å². The summed E-state index contributed by atoms with van der Waals surface area (Å²) in [5.74, 6) is 0. The van der Waals surface area contributed by atoms with Crippen LogP contribution in [0, 0.1) is 0 Å². The average Bonchev–Trinajstić information content (AvgIpc) is 2.45. The van der Waals surface area contributed by atoms with E-state index in [-0.39, 0.29) is 0 Å². The molecular formula is C8H17N5. The van der Waals surface area contributed by atoms with E-state index in [1.807, 2.05) is 7.05 Å². The lowest BCUT2D eigenvalue weighted by Gasteiger charge is -2.09. The molecule has 1 rings (SSSR count). The Kier molecular flexibility index (Phi) is 3.85. The number of likely N-dealkylation sites (N-methyl/N-ethyl adjacent to an activating group) is 1. The lowest BCUT2D eigenvalue weighted by Crippen LogP contribution is -2.26. The fraction of sp³-hybridized carbons (Fsp3) is 0.750. The normalized spacial score (nSPS) is 11.1. The van der Waals surface area contributed by atoms with Crippen LogP contribution in [0.1, 0.15) is 5.69 Å². The number of rotatable bonds is 5. The van der Waals surface area contributed by atoms with E-state index in [2.05, 4.69) is 34.6 Å². The fourth-order valence-electron chi connectivity index (χ4n) is 0.990. The van der Waals surface area contributed by atoms with Crippen LogP contribution < -0.4 is 5.32 Å². The molecule has 0 aliphatic rings. The third kappa shape index (κ3) is 3.52. The van der Waals surface area contributed by atoms with Gasteiger partial charge in [0.25, 0.3) is 0 Å². The lowest BCUT2D eigenvalue weighted by molar-refractivity contribution is 0.398. The van der Waals surface area contributed by atoms with E-state index in [0.717, 1.165) is 25.3 Å². The first-order valence-corrected chi connectivity index (χ1v) is 4.39. The van der Waals surface area contributed by atoms with Gasteiger partial charge < -0.3 is 10.2 Å². The van der Waals surface area contributed by atoms with Crippen LogP contribution in [0.25, 0.3) is 0 Å². The number of nitrogens with zero attached hydrogens (tertiary/aromatic N) is 4. The highest BCUT2D eigenvalue weighted by Gasteiger charge is 1.97. The zero-order valence-corrected chi connectivity index (χ0v) is 8.49. The zero-order chi connectivity index (χ0) is 9.68. The van der Waals surface area contributed by atoms with Crippen LogP contribution in [0.15, 0.2) is 6.20 Å². The van der Waals surface area contributed by atoms with Crippen LogP contribution in [-0.2, 0) is 13.6 Å². The predicted molar refractivity (Wildman–Crippen MR) is 51.3 cm³/mol. The Balaban J connectivity index is 2.17. The maximum Gasteiger partial charge on any atom is 0.0738 e. The monoisotopic (exact) mass is 183 g/mol. The first-order chi connectivity index (χ1) is 6.20.